The molecule has 1 aliphatic carbocycles. The highest BCUT2D eigenvalue weighted by Gasteiger charge is 2.13. The van der Waals surface area contributed by atoms with Gasteiger partial charge >= 0.3 is 0 Å². The fourth-order valence-electron chi connectivity index (χ4n) is 0.822. The topological polar surface area (TPSA) is 85.2 Å². The average Bonchev–Trinajstić information content (AvgIpc) is 2.05. The van der Waals surface area contributed by atoms with Crippen molar-refractivity contribution in [3.05, 3.63) is 23.9 Å². The summed E-state index contributed by atoms with van der Waals surface area (Å²) in [7, 11) is 0. The van der Waals surface area contributed by atoms with Crippen molar-refractivity contribution in [1.29, 1.82) is 5.41 Å². The average molecular weight is 164 g/mol. The molecule has 1 radical (unpaired) electrons. The van der Waals surface area contributed by atoms with Crippen LogP contribution in [0.5, 0.6) is 0 Å². The van der Waals surface area contributed by atoms with E-state index >= 15 is 0 Å². The van der Waals surface area contributed by atoms with Crippen molar-refractivity contribution < 1.29 is 10.0 Å². The Kier molecular flexibility index (Phi) is 2.37. The zero-order valence-corrected chi connectivity index (χ0v) is 6.07. The second kappa shape index (κ2) is 3.47. The molecule has 0 aromatic carbocycles. The third-order valence-corrected chi connectivity index (χ3v) is 1.34. The fraction of sp³-hybridized carbons (Fsp3) is 0. The molecule has 0 unspecified atom stereocenters. The van der Waals surface area contributed by atoms with Crippen molar-refractivity contribution >= 4 is 17.8 Å². The van der Waals surface area contributed by atoms with Crippen molar-refractivity contribution in [2.24, 2.45) is 5.16 Å². The summed E-state index contributed by atoms with van der Waals surface area (Å²) in [6, 6.07) is 0. The molecule has 0 aromatic heterocycles. The van der Waals surface area contributed by atoms with E-state index in [4.69, 9.17) is 5.41 Å². The largest absolute Gasteiger partial charge is 0.327 e. The molecule has 0 fully saturated rings. The number of nitrogens with zero attached hydrogens (tertiary/aromatic N) is 1. The molecule has 2 N–H and O–H groups in total. The summed E-state index contributed by atoms with van der Waals surface area (Å²) in [5, 5.41) is 22.3. The highest BCUT2D eigenvalue weighted by atomic mass is 16.4. The Morgan fingerprint density at radius 3 is 2.92 bits per heavy atom. The van der Waals surface area contributed by atoms with Gasteiger partial charge in [0.15, 0.2) is 5.71 Å². The second-order valence-corrected chi connectivity index (χ2v) is 2.06. The number of amides is 1. The Morgan fingerprint density at radius 2 is 2.33 bits per heavy atom. The highest BCUT2D eigenvalue weighted by molar-refractivity contribution is 6.51. The van der Waals surface area contributed by atoms with Crippen molar-refractivity contribution in [3.63, 3.8) is 0 Å². The Bertz CT molecular complexity index is 302. The van der Waals surface area contributed by atoms with E-state index in [2.05, 4.69) is 10.5 Å². The van der Waals surface area contributed by atoms with Crippen LogP contribution in [0, 0.1) is 5.41 Å². The van der Waals surface area contributed by atoms with Crippen LogP contribution in [0.2, 0.25) is 0 Å². The molecule has 12 heavy (non-hydrogen) atoms. The molecule has 0 saturated carbocycles. The SMILES string of the molecule is N=C1C=CC=C(NC=O)/C1=N\[O]. The van der Waals surface area contributed by atoms with Gasteiger partial charge in [-0.2, -0.15) is 0 Å². The number of hydrogen-bond donors (Lipinski definition) is 2. The first-order chi connectivity index (χ1) is 5.79. The van der Waals surface area contributed by atoms with E-state index in [1.165, 1.54) is 12.2 Å². The quantitative estimate of drug-likeness (QED) is 0.336. The highest BCUT2D eigenvalue weighted by Crippen LogP contribution is 2.03. The van der Waals surface area contributed by atoms with Crippen LogP contribution in [-0.4, -0.2) is 17.8 Å². The molecule has 5 nitrogen and oxygen atoms in total. The number of allylic oxidation sites excluding steroid dienone is 4. The fourth-order valence-corrected chi connectivity index (χ4v) is 0.822. The molecule has 1 amide bonds. The van der Waals surface area contributed by atoms with Crippen molar-refractivity contribution in [3.8, 4) is 0 Å². The summed E-state index contributed by atoms with van der Waals surface area (Å²) in [6.07, 6.45) is 4.92. The molecule has 0 aliphatic heterocycles. The van der Waals surface area contributed by atoms with Crippen LogP contribution in [0.15, 0.2) is 29.1 Å². The number of carbonyl (C=O) groups excluding carboxylic acids is 1. The lowest BCUT2D eigenvalue weighted by atomic mass is 10.1. The van der Waals surface area contributed by atoms with E-state index in [-0.39, 0.29) is 17.1 Å². The maximum atomic E-state index is 10.2. The molecular weight excluding hydrogens is 158 g/mol. The van der Waals surface area contributed by atoms with E-state index in [0.29, 0.717) is 6.41 Å². The molecule has 5 heteroatoms. The number of carbonyl (C=O) groups is 1. The number of hydrogen-bond acceptors (Lipinski definition) is 3. The van der Waals surface area contributed by atoms with E-state index in [1.807, 2.05) is 0 Å². The maximum absolute atomic E-state index is 10.2. The lowest BCUT2D eigenvalue weighted by molar-refractivity contribution is -0.108. The van der Waals surface area contributed by atoms with Crippen LogP contribution in [-0.2, 0) is 10.0 Å². The minimum atomic E-state index is -0.0513. The third-order valence-electron chi connectivity index (χ3n) is 1.34. The molecule has 1 rings (SSSR count). The first kappa shape index (κ1) is 8.19. The summed E-state index contributed by atoms with van der Waals surface area (Å²) in [5.41, 5.74) is 0.203. The Labute approximate surface area is 68.6 Å². The molecule has 0 spiro atoms. The Balaban J connectivity index is 2.96. The Morgan fingerprint density at radius 1 is 1.58 bits per heavy atom. The van der Waals surface area contributed by atoms with Gasteiger partial charge in [0.2, 0.25) is 6.41 Å². The van der Waals surface area contributed by atoms with Crippen LogP contribution < -0.4 is 5.32 Å². The van der Waals surface area contributed by atoms with Crippen LogP contribution in [0.1, 0.15) is 0 Å². The van der Waals surface area contributed by atoms with Crippen molar-refractivity contribution in [1.82, 2.24) is 5.32 Å². The molecule has 61 valence electrons. The first-order valence-electron chi connectivity index (χ1n) is 3.17. The van der Waals surface area contributed by atoms with Crippen LogP contribution in [0.3, 0.4) is 0 Å². The predicted octanol–water partition coefficient (Wildman–Crippen LogP) is -0.00763. The van der Waals surface area contributed by atoms with Gasteiger partial charge in [-0.3, -0.25) is 10.2 Å². The molecule has 1 aliphatic rings. The van der Waals surface area contributed by atoms with Gasteiger partial charge in [-0.25, -0.2) is 0 Å². The molecule has 0 aromatic rings. The second-order valence-electron chi connectivity index (χ2n) is 2.06. The molecule has 0 bridgehead atoms. The van der Waals surface area contributed by atoms with Gasteiger partial charge in [0.25, 0.3) is 0 Å². The Hall–Kier alpha value is -1.91. The van der Waals surface area contributed by atoms with Gasteiger partial charge in [0.1, 0.15) is 0 Å². The molecular formula is C7H6N3O2. The monoisotopic (exact) mass is 164 g/mol. The van der Waals surface area contributed by atoms with Crippen molar-refractivity contribution in [2.75, 3.05) is 0 Å². The van der Waals surface area contributed by atoms with Crippen LogP contribution in [0.25, 0.3) is 0 Å². The molecule has 0 heterocycles. The zero-order valence-electron chi connectivity index (χ0n) is 6.07. The van der Waals surface area contributed by atoms with Gasteiger partial charge in [0.05, 0.1) is 11.4 Å². The van der Waals surface area contributed by atoms with E-state index < -0.39 is 0 Å². The zero-order chi connectivity index (χ0) is 8.97. The smallest absolute Gasteiger partial charge is 0.211 e. The lowest BCUT2D eigenvalue weighted by Gasteiger charge is -2.08. The third kappa shape index (κ3) is 1.39. The minimum absolute atomic E-state index is 0.00292. The lowest BCUT2D eigenvalue weighted by Crippen LogP contribution is -2.25. The summed E-state index contributed by atoms with van der Waals surface area (Å²) in [5.74, 6) is 0. The normalized spacial score (nSPS) is 19.2. The standard InChI is InChI=1S/C7H6N3O2/c8-5-2-1-3-6(9-4-11)7(5)10-12/h1-4,8H,(H,9,11)/b8-5?,10-7-. The van der Waals surface area contributed by atoms with Crippen molar-refractivity contribution in [2.45, 2.75) is 0 Å². The molecule has 0 saturated heterocycles. The van der Waals surface area contributed by atoms with Gasteiger partial charge in [-0.05, 0) is 17.3 Å². The minimum Gasteiger partial charge on any atom is -0.327 e. The van der Waals surface area contributed by atoms with Crippen LogP contribution >= 0.6 is 0 Å². The van der Waals surface area contributed by atoms with E-state index in [0.717, 1.165) is 0 Å². The van der Waals surface area contributed by atoms with E-state index in [9.17, 15) is 10.0 Å². The predicted molar refractivity (Wildman–Crippen MR) is 42.3 cm³/mol. The van der Waals surface area contributed by atoms with Crippen LogP contribution in [0.4, 0.5) is 0 Å². The summed E-state index contributed by atoms with van der Waals surface area (Å²) in [4.78, 5) is 10.0. The maximum Gasteiger partial charge on any atom is 0.211 e. The number of nitrogens with one attached hydrogen (secondary N) is 2. The van der Waals surface area contributed by atoms with E-state index in [1.54, 1.807) is 6.08 Å². The summed E-state index contributed by atoms with van der Waals surface area (Å²) in [6.45, 7) is 0. The summed E-state index contributed by atoms with van der Waals surface area (Å²) >= 11 is 0. The number of rotatable bonds is 2. The van der Waals surface area contributed by atoms with Gasteiger partial charge in [-0.1, -0.05) is 6.08 Å². The van der Waals surface area contributed by atoms with Gasteiger partial charge < -0.3 is 5.32 Å². The van der Waals surface area contributed by atoms with Gasteiger partial charge in [-0.15, -0.1) is 5.21 Å². The van der Waals surface area contributed by atoms with Gasteiger partial charge in [0, 0.05) is 0 Å². The first-order valence-corrected chi connectivity index (χ1v) is 3.17. The molecule has 0 atom stereocenters. The summed E-state index contributed by atoms with van der Waals surface area (Å²) < 4.78 is 0.